The summed E-state index contributed by atoms with van der Waals surface area (Å²) in [5.41, 5.74) is 0.474. The largest absolute Gasteiger partial charge is 0.394 e. The first kappa shape index (κ1) is 26.8. The van der Waals surface area contributed by atoms with E-state index in [0.29, 0.717) is 12.1 Å². The van der Waals surface area contributed by atoms with E-state index in [4.69, 9.17) is 0 Å². The van der Waals surface area contributed by atoms with Crippen LogP contribution in [0.2, 0.25) is 0 Å². The molecule has 7 nitrogen and oxygen atoms in total. The minimum Gasteiger partial charge on any atom is -0.394 e. The number of aliphatic hydroxyl groups excluding tert-OH is 1. The van der Waals surface area contributed by atoms with Gasteiger partial charge in [-0.1, -0.05) is 89.7 Å². The van der Waals surface area contributed by atoms with Gasteiger partial charge in [-0.25, -0.2) is 0 Å². The molecule has 31 heavy (non-hydrogen) atoms. The van der Waals surface area contributed by atoms with Gasteiger partial charge in [0.1, 0.15) is 0 Å². The number of unbranched alkanes of at least 4 members (excludes halogenated alkanes) is 11. The van der Waals surface area contributed by atoms with E-state index in [0.717, 1.165) is 12.8 Å². The predicted octanol–water partition coefficient (Wildman–Crippen LogP) is 5.19. The molecule has 1 aromatic rings. The molecule has 0 saturated carbocycles. The summed E-state index contributed by atoms with van der Waals surface area (Å²) >= 11 is 0. The molecule has 1 amide bonds. The van der Waals surface area contributed by atoms with Crippen molar-refractivity contribution in [3.8, 4) is 0 Å². The first-order chi connectivity index (χ1) is 15.1. The Hall–Kier alpha value is -2.28. The number of nitro benzene ring substituents is 1. The van der Waals surface area contributed by atoms with Crippen molar-refractivity contribution in [2.45, 2.75) is 90.0 Å². The number of nitrogens with zero attached hydrogens (tertiary/aromatic N) is 2. The maximum atomic E-state index is 12.2. The van der Waals surface area contributed by atoms with Crippen LogP contribution >= 0.6 is 0 Å². The Kier molecular flexibility index (Phi) is 15.0. The summed E-state index contributed by atoms with van der Waals surface area (Å²) in [7, 11) is 0. The maximum absolute atomic E-state index is 12.2. The zero-order valence-electron chi connectivity index (χ0n) is 18.9. The minimum atomic E-state index is -0.906. The Morgan fingerprint density at radius 3 is 2.19 bits per heavy atom. The van der Waals surface area contributed by atoms with Gasteiger partial charge in [-0.05, 0) is 12.0 Å². The predicted molar refractivity (Wildman–Crippen MR) is 126 cm³/mol. The number of rotatable bonds is 18. The van der Waals surface area contributed by atoms with Crippen LogP contribution in [0.4, 0.5) is 5.69 Å². The number of aliphatic imine (C=N–C) groups is 1. The summed E-state index contributed by atoms with van der Waals surface area (Å²) in [5.74, 6) is -0.327. The quantitative estimate of drug-likeness (QED) is 0.144. The van der Waals surface area contributed by atoms with E-state index < -0.39 is 17.6 Å². The molecule has 0 fully saturated rings. The zero-order chi connectivity index (χ0) is 22.7. The number of non-ortho nitro benzene ring substituents is 1. The Morgan fingerprint density at radius 1 is 1.06 bits per heavy atom. The molecule has 174 valence electrons. The lowest BCUT2D eigenvalue weighted by Crippen LogP contribution is -2.36. The summed E-state index contributed by atoms with van der Waals surface area (Å²) in [5, 5.41) is 23.1. The van der Waals surface area contributed by atoms with Crippen molar-refractivity contribution < 1.29 is 14.8 Å². The normalized spacial score (nSPS) is 12.2. The number of benzene rings is 1. The van der Waals surface area contributed by atoms with Crippen molar-refractivity contribution in [3.05, 3.63) is 39.9 Å². The molecule has 0 unspecified atom stereocenters. The van der Waals surface area contributed by atoms with E-state index in [1.807, 2.05) is 0 Å². The number of amides is 1. The minimum absolute atomic E-state index is 0.0408. The third-order valence-corrected chi connectivity index (χ3v) is 5.29. The average Bonchev–Trinajstić information content (AvgIpc) is 2.77. The highest BCUT2D eigenvalue weighted by Gasteiger charge is 2.15. The third kappa shape index (κ3) is 12.9. The van der Waals surface area contributed by atoms with Crippen molar-refractivity contribution in [1.29, 1.82) is 0 Å². The van der Waals surface area contributed by atoms with Crippen molar-refractivity contribution in [2.24, 2.45) is 4.99 Å². The molecule has 1 atom stereocenters. The number of nitrogens with one attached hydrogen (secondary N) is 1. The SMILES string of the molecule is CCCCCCCCCCCCCCNC(=O)[C@H](CO)/N=C/c1cccc([N+](=O)[O-])c1. The number of hydrogen-bond donors (Lipinski definition) is 2. The summed E-state index contributed by atoms with van der Waals surface area (Å²) < 4.78 is 0. The summed E-state index contributed by atoms with van der Waals surface area (Å²) in [6.07, 6.45) is 16.5. The van der Waals surface area contributed by atoms with E-state index in [-0.39, 0.29) is 11.6 Å². The smallest absolute Gasteiger partial charge is 0.270 e. The van der Waals surface area contributed by atoms with E-state index >= 15 is 0 Å². The molecule has 0 bridgehead atoms. The highest BCUT2D eigenvalue weighted by molar-refractivity contribution is 5.87. The number of hydrogen-bond acceptors (Lipinski definition) is 5. The van der Waals surface area contributed by atoms with Crippen molar-refractivity contribution in [2.75, 3.05) is 13.2 Å². The number of carbonyl (C=O) groups is 1. The van der Waals surface area contributed by atoms with Crippen LogP contribution in [0, 0.1) is 10.1 Å². The van der Waals surface area contributed by atoms with Crippen molar-refractivity contribution in [1.82, 2.24) is 5.32 Å². The molecule has 7 heteroatoms. The zero-order valence-corrected chi connectivity index (χ0v) is 18.9. The van der Waals surface area contributed by atoms with Gasteiger partial charge in [-0.15, -0.1) is 0 Å². The van der Waals surface area contributed by atoms with Gasteiger partial charge < -0.3 is 10.4 Å². The van der Waals surface area contributed by atoms with Crippen LogP contribution in [-0.4, -0.2) is 41.3 Å². The standard InChI is InChI=1S/C24H39N3O4/c1-2-3-4-5-6-7-8-9-10-11-12-13-17-25-24(29)23(20-28)26-19-21-15-14-16-22(18-21)27(30)31/h14-16,18-19,23,28H,2-13,17,20H2,1H3,(H,25,29)/b26-19+/t23-/m0/s1. The van der Waals surface area contributed by atoms with Crippen molar-refractivity contribution in [3.63, 3.8) is 0 Å². The van der Waals surface area contributed by atoms with E-state index in [1.54, 1.807) is 12.1 Å². The van der Waals surface area contributed by atoms with E-state index in [2.05, 4.69) is 17.2 Å². The van der Waals surface area contributed by atoms with E-state index in [1.165, 1.54) is 82.6 Å². The average molecular weight is 434 g/mol. The molecule has 0 radical (unpaired) electrons. The summed E-state index contributed by atoms with van der Waals surface area (Å²) in [4.78, 5) is 26.6. The van der Waals surface area contributed by atoms with E-state index in [9.17, 15) is 20.0 Å². The summed E-state index contributed by atoms with van der Waals surface area (Å²) in [6.45, 7) is 2.41. The Balaban J connectivity index is 2.13. The molecule has 0 spiro atoms. The highest BCUT2D eigenvalue weighted by Crippen LogP contribution is 2.13. The van der Waals surface area contributed by atoms with Gasteiger partial charge in [-0.3, -0.25) is 19.9 Å². The fourth-order valence-electron chi connectivity index (χ4n) is 3.39. The first-order valence-electron chi connectivity index (χ1n) is 11.7. The molecule has 0 heterocycles. The van der Waals surface area contributed by atoms with Gasteiger partial charge in [0, 0.05) is 24.9 Å². The maximum Gasteiger partial charge on any atom is 0.270 e. The second-order valence-electron chi connectivity index (χ2n) is 8.01. The lowest BCUT2D eigenvalue weighted by Gasteiger charge is -2.10. The highest BCUT2D eigenvalue weighted by atomic mass is 16.6. The van der Waals surface area contributed by atoms with Crippen LogP contribution in [0.3, 0.4) is 0 Å². The van der Waals surface area contributed by atoms with Crippen LogP contribution < -0.4 is 5.32 Å². The molecule has 1 aromatic carbocycles. The lowest BCUT2D eigenvalue weighted by molar-refractivity contribution is -0.384. The van der Waals surface area contributed by atoms with Gasteiger partial charge in [0.05, 0.1) is 11.5 Å². The van der Waals surface area contributed by atoms with Gasteiger partial charge in [-0.2, -0.15) is 0 Å². The fraction of sp³-hybridized carbons (Fsp3) is 0.667. The van der Waals surface area contributed by atoms with Crippen molar-refractivity contribution >= 4 is 17.8 Å². The lowest BCUT2D eigenvalue weighted by atomic mass is 10.1. The van der Waals surface area contributed by atoms with Crippen LogP contribution in [-0.2, 0) is 4.79 Å². The van der Waals surface area contributed by atoms with Gasteiger partial charge >= 0.3 is 0 Å². The number of carbonyl (C=O) groups excluding carboxylic acids is 1. The molecule has 0 aliphatic rings. The monoisotopic (exact) mass is 433 g/mol. The molecule has 0 saturated heterocycles. The molecule has 1 rings (SSSR count). The third-order valence-electron chi connectivity index (χ3n) is 5.29. The van der Waals surface area contributed by atoms with Gasteiger partial charge in [0.2, 0.25) is 5.91 Å². The fourth-order valence-corrected chi connectivity index (χ4v) is 3.39. The second-order valence-corrected chi connectivity index (χ2v) is 8.01. The molecule has 0 aliphatic carbocycles. The number of nitro groups is 1. The Labute approximate surface area is 186 Å². The topological polar surface area (TPSA) is 105 Å². The Morgan fingerprint density at radius 2 is 1.65 bits per heavy atom. The van der Waals surface area contributed by atoms with Crippen LogP contribution in [0.25, 0.3) is 0 Å². The first-order valence-corrected chi connectivity index (χ1v) is 11.7. The molecule has 2 N–H and O–H groups in total. The molecular formula is C24H39N3O4. The van der Waals surface area contributed by atoms with Gasteiger partial charge in [0.15, 0.2) is 6.04 Å². The Bertz CT molecular complexity index is 664. The second kappa shape index (κ2) is 17.4. The molecule has 0 aromatic heterocycles. The van der Waals surface area contributed by atoms with Crippen LogP contribution in [0.1, 0.15) is 89.5 Å². The summed E-state index contributed by atoms with van der Waals surface area (Å²) in [6, 6.07) is 5.08. The molecular weight excluding hydrogens is 394 g/mol. The van der Waals surface area contributed by atoms with Gasteiger partial charge in [0.25, 0.3) is 5.69 Å². The molecule has 0 aliphatic heterocycles. The number of aliphatic hydroxyl groups is 1. The van der Waals surface area contributed by atoms with Crippen LogP contribution in [0.5, 0.6) is 0 Å². The van der Waals surface area contributed by atoms with Crippen LogP contribution in [0.15, 0.2) is 29.3 Å².